The maximum Gasteiger partial charge on any atom is 0.316 e. The van der Waals surface area contributed by atoms with E-state index >= 15 is 0 Å². The van der Waals surface area contributed by atoms with Crippen molar-refractivity contribution >= 4 is 29.0 Å². The fraction of sp³-hybridized carbons (Fsp3) is 0.833. The highest BCUT2D eigenvalue weighted by Gasteiger charge is 1.99. The Morgan fingerprint density at radius 2 is 2.11 bits per heavy atom. The Hall–Kier alpha value is 0.236. The van der Waals surface area contributed by atoms with E-state index in [9.17, 15) is 4.79 Å². The maximum absolute atomic E-state index is 10.2. The highest BCUT2D eigenvalue weighted by atomic mass is 24.3. The van der Waals surface area contributed by atoms with Crippen LogP contribution >= 0.6 is 0 Å². The lowest BCUT2D eigenvalue weighted by atomic mass is 10.3. The molecular formula is C6H14MgO2. The average molecular weight is 142 g/mol. The molecule has 0 heterocycles. The zero-order valence-corrected chi connectivity index (χ0v) is 5.60. The molecule has 0 aliphatic heterocycles. The minimum Gasteiger partial charge on any atom is -0.463 e. The predicted octanol–water partition coefficient (Wildman–Crippen LogP) is 0.432. The van der Waals surface area contributed by atoms with Crippen LogP contribution in [0.5, 0.6) is 0 Å². The SMILES string of the molecule is CCC(C)OC(C)=O.[MgH2]. The van der Waals surface area contributed by atoms with Crippen molar-refractivity contribution in [1.29, 1.82) is 0 Å². The molecule has 0 saturated heterocycles. The van der Waals surface area contributed by atoms with Gasteiger partial charge in [0, 0.05) is 6.92 Å². The predicted molar refractivity (Wildman–Crippen MR) is 40.1 cm³/mol. The van der Waals surface area contributed by atoms with Crippen LogP contribution in [0.15, 0.2) is 0 Å². The number of hydrogen-bond acceptors (Lipinski definition) is 2. The Labute approximate surface area is 72.1 Å². The van der Waals surface area contributed by atoms with Crippen molar-refractivity contribution in [2.45, 2.75) is 33.3 Å². The fourth-order valence-electron chi connectivity index (χ4n) is 0.367. The van der Waals surface area contributed by atoms with Crippen LogP contribution in [0.4, 0.5) is 0 Å². The van der Waals surface area contributed by atoms with Gasteiger partial charge in [-0.2, -0.15) is 0 Å². The lowest BCUT2D eigenvalue weighted by molar-refractivity contribution is -0.145. The number of carbonyl (C=O) groups excluding carboxylic acids is 1. The number of hydrogen-bond donors (Lipinski definition) is 0. The molecule has 3 heteroatoms. The molecule has 0 bridgehead atoms. The second-order valence-corrected chi connectivity index (χ2v) is 1.83. The molecule has 0 aromatic heterocycles. The van der Waals surface area contributed by atoms with Crippen LogP contribution < -0.4 is 0 Å². The minimum atomic E-state index is -0.195. The number of rotatable bonds is 2. The van der Waals surface area contributed by atoms with E-state index in [0.717, 1.165) is 6.42 Å². The molecule has 0 aliphatic rings. The summed E-state index contributed by atoms with van der Waals surface area (Å²) in [5, 5.41) is 0. The van der Waals surface area contributed by atoms with Crippen LogP contribution in [0.2, 0.25) is 0 Å². The van der Waals surface area contributed by atoms with Crippen LogP contribution in [-0.2, 0) is 9.53 Å². The first-order valence-electron chi connectivity index (χ1n) is 2.84. The highest BCUT2D eigenvalue weighted by Crippen LogP contribution is 1.94. The summed E-state index contributed by atoms with van der Waals surface area (Å²) >= 11 is 0. The third kappa shape index (κ3) is 8.24. The van der Waals surface area contributed by atoms with E-state index in [-0.39, 0.29) is 35.1 Å². The van der Waals surface area contributed by atoms with Crippen LogP contribution in [-0.4, -0.2) is 35.1 Å². The molecule has 0 N–H and O–H groups in total. The summed E-state index contributed by atoms with van der Waals surface area (Å²) in [5.74, 6) is -0.195. The van der Waals surface area contributed by atoms with Gasteiger partial charge in [0.05, 0.1) is 6.10 Å². The summed E-state index contributed by atoms with van der Waals surface area (Å²) in [5.41, 5.74) is 0. The van der Waals surface area contributed by atoms with Gasteiger partial charge < -0.3 is 4.74 Å². The van der Waals surface area contributed by atoms with Gasteiger partial charge in [0.25, 0.3) is 0 Å². The van der Waals surface area contributed by atoms with Crippen LogP contribution in [0.3, 0.4) is 0 Å². The molecule has 0 aromatic carbocycles. The first-order chi connectivity index (χ1) is 3.66. The Kier molecular flexibility index (Phi) is 8.45. The lowest BCUT2D eigenvalue weighted by Gasteiger charge is -2.06. The van der Waals surface area contributed by atoms with E-state index in [2.05, 4.69) is 0 Å². The molecule has 0 amide bonds. The number of ether oxygens (including phenoxy) is 1. The average Bonchev–Trinajstić information content (AvgIpc) is 1.65. The number of carbonyl (C=O) groups is 1. The minimum absolute atomic E-state index is 0. The molecule has 0 rings (SSSR count). The van der Waals surface area contributed by atoms with Crippen LogP contribution in [0.1, 0.15) is 27.2 Å². The first kappa shape index (κ1) is 12.0. The second kappa shape index (κ2) is 6.36. The van der Waals surface area contributed by atoms with E-state index in [0.29, 0.717) is 0 Å². The largest absolute Gasteiger partial charge is 0.463 e. The van der Waals surface area contributed by atoms with Crippen molar-refractivity contribution in [3.05, 3.63) is 0 Å². The van der Waals surface area contributed by atoms with Crippen LogP contribution in [0, 0.1) is 0 Å². The molecule has 0 spiro atoms. The third-order valence-corrected chi connectivity index (χ3v) is 0.942. The molecule has 0 saturated carbocycles. The molecule has 1 unspecified atom stereocenters. The molecule has 0 aliphatic carbocycles. The highest BCUT2D eigenvalue weighted by molar-refractivity contribution is 5.75. The standard InChI is InChI=1S/C6H12O2.Mg.2H/c1-4-5(2)8-6(3)7;;;/h5H,4H2,1-3H3;;;. The van der Waals surface area contributed by atoms with Crippen molar-refractivity contribution < 1.29 is 9.53 Å². The van der Waals surface area contributed by atoms with Crippen molar-refractivity contribution in [3.63, 3.8) is 0 Å². The van der Waals surface area contributed by atoms with Gasteiger partial charge in [-0.3, -0.25) is 4.79 Å². The monoisotopic (exact) mass is 142 g/mol. The molecule has 2 nitrogen and oxygen atoms in total. The molecule has 0 radical (unpaired) electrons. The summed E-state index contributed by atoms with van der Waals surface area (Å²) < 4.78 is 4.76. The fourth-order valence-corrected chi connectivity index (χ4v) is 0.367. The molecule has 9 heavy (non-hydrogen) atoms. The zero-order chi connectivity index (χ0) is 6.57. The number of esters is 1. The Balaban J connectivity index is 0. The van der Waals surface area contributed by atoms with E-state index in [1.165, 1.54) is 6.92 Å². The van der Waals surface area contributed by atoms with E-state index in [1.807, 2.05) is 13.8 Å². The van der Waals surface area contributed by atoms with Crippen molar-refractivity contribution in [2.24, 2.45) is 0 Å². The van der Waals surface area contributed by atoms with Crippen molar-refractivity contribution in [1.82, 2.24) is 0 Å². The Morgan fingerprint density at radius 3 is 2.22 bits per heavy atom. The summed E-state index contributed by atoms with van der Waals surface area (Å²) in [6, 6.07) is 0. The third-order valence-electron chi connectivity index (χ3n) is 0.942. The lowest BCUT2D eigenvalue weighted by Crippen LogP contribution is -2.09. The maximum atomic E-state index is 10.2. The topological polar surface area (TPSA) is 26.3 Å². The molecule has 0 fully saturated rings. The van der Waals surface area contributed by atoms with Gasteiger partial charge >= 0.3 is 29.0 Å². The zero-order valence-electron chi connectivity index (χ0n) is 5.60. The molecule has 52 valence electrons. The van der Waals surface area contributed by atoms with Gasteiger partial charge in [0.1, 0.15) is 0 Å². The van der Waals surface area contributed by atoms with E-state index in [1.54, 1.807) is 0 Å². The summed E-state index contributed by atoms with van der Waals surface area (Å²) in [6.07, 6.45) is 0.965. The molecular weight excluding hydrogens is 128 g/mol. The first-order valence-corrected chi connectivity index (χ1v) is 2.84. The van der Waals surface area contributed by atoms with E-state index < -0.39 is 0 Å². The normalized spacial score (nSPS) is 11.4. The second-order valence-electron chi connectivity index (χ2n) is 1.83. The Morgan fingerprint density at radius 1 is 1.67 bits per heavy atom. The summed E-state index contributed by atoms with van der Waals surface area (Å²) in [6.45, 7) is 5.28. The van der Waals surface area contributed by atoms with Gasteiger partial charge in [-0.25, -0.2) is 0 Å². The smallest absolute Gasteiger partial charge is 0.316 e. The van der Waals surface area contributed by atoms with Gasteiger partial charge in [0.15, 0.2) is 0 Å². The van der Waals surface area contributed by atoms with Gasteiger partial charge in [-0.1, -0.05) is 6.92 Å². The quantitative estimate of drug-likeness (QED) is 0.413. The van der Waals surface area contributed by atoms with Crippen molar-refractivity contribution in [2.75, 3.05) is 0 Å². The van der Waals surface area contributed by atoms with Crippen molar-refractivity contribution in [3.8, 4) is 0 Å². The summed E-state index contributed by atoms with van der Waals surface area (Å²) in [4.78, 5) is 10.2. The van der Waals surface area contributed by atoms with Gasteiger partial charge in [-0.05, 0) is 13.3 Å². The Bertz CT molecular complexity index is 83.1. The molecule has 0 aromatic rings. The van der Waals surface area contributed by atoms with Crippen LogP contribution in [0.25, 0.3) is 0 Å². The summed E-state index contributed by atoms with van der Waals surface area (Å²) in [7, 11) is 0. The van der Waals surface area contributed by atoms with Gasteiger partial charge in [0.2, 0.25) is 0 Å². The van der Waals surface area contributed by atoms with E-state index in [4.69, 9.17) is 4.74 Å². The molecule has 1 atom stereocenters. The van der Waals surface area contributed by atoms with Gasteiger partial charge in [-0.15, -0.1) is 0 Å².